The molecule has 0 aliphatic heterocycles. The number of carbonyl (C=O) groups excluding carboxylic acids is 2. The first-order valence-electron chi connectivity index (χ1n) is 12.2. The minimum absolute atomic E-state index is 0.0723. The van der Waals surface area contributed by atoms with Crippen LogP contribution in [-0.4, -0.2) is 54.0 Å². The lowest BCUT2D eigenvalue weighted by Crippen LogP contribution is -2.50. The van der Waals surface area contributed by atoms with Crippen LogP contribution in [0.5, 0.6) is 0 Å². The average Bonchev–Trinajstić information content (AvgIpc) is 3.72. The third-order valence-electron chi connectivity index (χ3n) is 6.44. The Labute approximate surface area is 216 Å². The van der Waals surface area contributed by atoms with Gasteiger partial charge in [-0.1, -0.05) is 61.4 Å². The standard InChI is InChI=1S/C27H29BN2O6S/c31-26(24-11-4-5-14-29-24)21-9-6-10-23(17-21)37(35,36)18-22(15-19-7-2-1-3-8-19)27(32)30-25(28(33)34)16-20-12-13-20/h1-11,14,17,20,22,25,33-34H,12-13,15-16,18H2,(H,30,32)/t22-,25+/m1/s1. The Morgan fingerprint density at radius 1 is 1.00 bits per heavy atom. The van der Waals surface area contributed by atoms with Crippen LogP contribution in [0, 0.1) is 11.8 Å². The summed E-state index contributed by atoms with van der Waals surface area (Å²) in [5.74, 6) is -3.01. The predicted molar refractivity (Wildman–Crippen MR) is 139 cm³/mol. The first-order valence-corrected chi connectivity index (χ1v) is 13.9. The molecule has 0 spiro atoms. The van der Waals surface area contributed by atoms with Gasteiger partial charge in [0.2, 0.25) is 11.7 Å². The van der Waals surface area contributed by atoms with E-state index in [1.165, 1.54) is 30.5 Å². The molecule has 1 fully saturated rings. The van der Waals surface area contributed by atoms with Crippen LogP contribution in [0.4, 0.5) is 0 Å². The van der Waals surface area contributed by atoms with E-state index in [1.54, 1.807) is 30.3 Å². The molecule has 1 amide bonds. The molecule has 8 nitrogen and oxygen atoms in total. The normalized spacial score (nSPS) is 15.0. The number of nitrogens with zero attached hydrogens (tertiary/aromatic N) is 1. The molecule has 1 saturated carbocycles. The van der Waals surface area contributed by atoms with Gasteiger partial charge in [-0.15, -0.1) is 0 Å². The van der Waals surface area contributed by atoms with Crippen molar-refractivity contribution in [3.8, 4) is 0 Å². The number of carbonyl (C=O) groups is 2. The lowest BCUT2D eigenvalue weighted by Gasteiger charge is -2.22. The van der Waals surface area contributed by atoms with Crippen molar-refractivity contribution >= 4 is 28.6 Å². The molecule has 192 valence electrons. The number of nitrogens with one attached hydrogen (secondary N) is 1. The van der Waals surface area contributed by atoms with Crippen molar-refractivity contribution in [3.05, 3.63) is 95.8 Å². The number of sulfone groups is 1. The highest BCUT2D eigenvalue weighted by Crippen LogP contribution is 2.33. The van der Waals surface area contributed by atoms with Gasteiger partial charge in [0.05, 0.1) is 22.5 Å². The number of aromatic nitrogens is 1. The third-order valence-corrected chi connectivity index (χ3v) is 8.25. The zero-order valence-corrected chi connectivity index (χ0v) is 21.0. The van der Waals surface area contributed by atoms with Crippen molar-refractivity contribution in [2.24, 2.45) is 11.8 Å². The molecule has 0 unspecified atom stereocenters. The zero-order valence-electron chi connectivity index (χ0n) is 20.2. The van der Waals surface area contributed by atoms with Gasteiger partial charge in [0.15, 0.2) is 9.84 Å². The van der Waals surface area contributed by atoms with Crippen LogP contribution in [0.15, 0.2) is 83.9 Å². The molecular formula is C27H29BN2O6S. The first kappa shape index (κ1) is 26.7. The number of ketones is 1. The minimum atomic E-state index is -3.99. The monoisotopic (exact) mass is 520 g/mol. The van der Waals surface area contributed by atoms with Crippen LogP contribution in [-0.2, 0) is 21.1 Å². The Morgan fingerprint density at radius 3 is 2.38 bits per heavy atom. The Morgan fingerprint density at radius 2 is 1.73 bits per heavy atom. The molecule has 2 atom stereocenters. The van der Waals surface area contributed by atoms with Crippen LogP contribution >= 0.6 is 0 Å². The minimum Gasteiger partial charge on any atom is -0.426 e. The number of amides is 1. The van der Waals surface area contributed by atoms with Gasteiger partial charge in [0.1, 0.15) is 5.69 Å². The van der Waals surface area contributed by atoms with Gasteiger partial charge in [0, 0.05) is 11.8 Å². The Kier molecular flexibility index (Phi) is 8.53. The van der Waals surface area contributed by atoms with E-state index in [1.807, 2.05) is 18.2 Å². The van der Waals surface area contributed by atoms with E-state index in [0.29, 0.717) is 12.3 Å². The summed E-state index contributed by atoms with van der Waals surface area (Å²) >= 11 is 0. The summed E-state index contributed by atoms with van der Waals surface area (Å²) in [7, 11) is -5.73. The third kappa shape index (κ3) is 7.35. The summed E-state index contributed by atoms with van der Waals surface area (Å²) in [5.41, 5.74) is 1.15. The van der Waals surface area contributed by atoms with Crippen LogP contribution in [0.3, 0.4) is 0 Å². The molecular weight excluding hydrogens is 491 g/mol. The van der Waals surface area contributed by atoms with E-state index in [2.05, 4.69) is 10.3 Å². The molecule has 1 aliphatic carbocycles. The SMILES string of the molecule is O=C(c1cccc(S(=O)(=O)C[C@@H](Cc2ccccc2)C(=O)N[C@@H](CC2CC2)B(O)O)c1)c1ccccn1. The number of hydrogen-bond donors (Lipinski definition) is 3. The quantitative estimate of drug-likeness (QED) is 0.246. The Bertz CT molecular complexity index is 1330. The molecule has 1 heterocycles. The van der Waals surface area contributed by atoms with E-state index in [0.717, 1.165) is 18.4 Å². The first-order chi connectivity index (χ1) is 17.7. The van der Waals surface area contributed by atoms with Gasteiger partial charge in [-0.2, -0.15) is 0 Å². The molecule has 1 aliphatic rings. The summed E-state index contributed by atoms with van der Waals surface area (Å²) in [6, 6.07) is 19.7. The number of hydrogen-bond acceptors (Lipinski definition) is 7. The lowest BCUT2D eigenvalue weighted by molar-refractivity contribution is -0.124. The van der Waals surface area contributed by atoms with Gasteiger partial charge < -0.3 is 15.4 Å². The molecule has 2 aromatic carbocycles. The van der Waals surface area contributed by atoms with Gasteiger partial charge >= 0.3 is 7.12 Å². The molecule has 37 heavy (non-hydrogen) atoms. The van der Waals surface area contributed by atoms with E-state index >= 15 is 0 Å². The summed E-state index contributed by atoms with van der Waals surface area (Å²) in [4.78, 5) is 30.0. The zero-order chi connectivity index (χ0) is 26.4. The van der Waals surface area contributed by atoms with Crippen molar-refractivity contribution in [2.45, 2.75) is 36.5 Å². The molecule has 10 heteroatoms. The smallest absolute Gasteiger partial charge is 0.426 e. The molecule has 1 aromatic heterocycles. The van der Waals surface area contributed by atoms with Gasteiger partial charge in [-0.05, 0) is 48.6 Å². The van der Waals surface area contributed by atoms with Gasteiger partial charge in [0.25, 0.3) is 0 Å². The molecule has 3 aromatic rings. The maximum atomic E-state index is 13.5. The van der Waals surface area contributed by atoms with Crippen molar-refractivity contribution < 1.29 is 28.1 Å². The summed E-state index contributed by atoms with van der Waals surface area (Å²) < 4.78 is 26.9. The van der Waals surface area contributed by atoms with Crippen molar-refractivity contribution in [1.82, 2.24) is 10.3 Å². The van der Waals surface area contributed by atoms with E-state index in [4.69, 9.17) is 0 Å². The second-order valence-electron chi connectivity index (χ2n) is 9.45. The summed E-state index contributed by atoms with van der Waals surface area (Å²) in [5, 5.41) is 22.2. The average molecular weight is 520 g/mol. The lowest BCUT2D eigenvalue weighted by atomic mass is 9.76. The molecule has 4 rings (SSSR count). The van der Waals surface area contributed by atoms with E-state index in [9.17, 15) is 28.1 Å². The molecule has 3 N–H and O–H groups in total. The largest absolute Gasteiger partial charge is 0.475 e. The maximum Gasteiger partial charge on any atom is 0.475 e. The maximum absolute atomic E-state index is 13.5. The fourth-order valence-electron chi connectivity index (χ4n) is 4.23. The van der Waals surface area contributed by atoms with E-state index < -0.39 is 46.3 Å². The van der Waals surface area contributed by atoms with Crippen molar-refractivity contribution in [2.75, 3.05) is 5.75 Å². The number of rotatable bonds is 12. The summed E-state index contributed by atoms with van der Waals surface area (Å²) in [6.07, 6.45) is 3.99. The molecule has 0 bridgehead atoms. The molecule has 0 radical (unpaired) electrons. The van der Waals surface area contributed by atoms with Crippen LogP contribution < -0.4 is 5.32 Å². The van der Waals surface area contributed by atoms with Crippen molar-refractivity contribution in [1.29, 1.82) is 0 Å². The Hall–Kier alpha value is -3.34. The fourth-order valence-corrected chi connectivity index (χ4v) is 5.81. The van der Waals surface area contributed by atoms with Gasteiger partial charge in [-0.3, -0.25) is 14.6 Å². The van der Waals surface area contributed by atoms with E-state index in [-0.39, 0.29) is 22.6 Å². The summed E-state index contributed by atoms with van der Waals surface area (Å²) in [6.45, 7) is 0. The fraction of sp³-hybridized carbons (Fsp3) is 0.296. The van der Waals surface area contributed by atoms with Crippen LogP contribution in [0.1, 0.15) is 40.9 Å². The number of pyridine rings is 1. The second kappa shape index (κ2) is 11.8. The van der Waals surface area contributed by atoms with Crippen LogP contribution in [0.25, 0.3) is 0 Å². The highest BCUT2D eigenvalue weighted by atomic mass is 32.2. The highest BCUT2D eigenvalue weighted by molar-refractivity contribution is 7.91. The number of benzene rings is 2. The Balaban J connectivity index is 1.57. The highest BCUT2D eigenvalue weighted by Gasteiger charge is 2.35. The van der Waals surface area contributed by atoms with Crippen LogP contribution in [0.2, 0.25) is 0 Å². The van der Waals surface area contributed by atoms with Crippen molar-refractivity contribution in [3.63, 3.8) is 0 Å². The topological polar surface area (TPSA) is 134 Å². The van der Waals surface area contributed by atoms with Gasteiger partial charge in [-0.25, -0.2) is 8.42 Å². The second-order valence-corrected chi connectivity index (χ2v) is 11.5. The molecule has 0 saturated heterocycles. The predicted octanol–water partition coefficient (Wildman–Crippen LogP) is 2.24.